The lowest BCUT2D eigenvalue weighted by molar-refractivity contribution is 0.236. The highest BCUT2D eigenvalue weighted by Gasteiger charge is 2.10. The molecule has 0 saturated carbocycles. The molecule has 1 heterocycles. The molecular weight excluding hydrogens is 230 g/mol. The standard InChI is InChI=1S/C13H25N3S/c1-5-11(3)8-16(6-2)9-12-10-17-13(15-12)7-14-4/h10-11,14H,5-9H2,1-4H3. The van der Waals surface area contributed by atoms with Gasteiger partial charge < -0.3 is 5.32 Å². The Morgan fingerprint density at radius 3 is 2.82 bits per heavy atom. The second kappa shape index (κ2) is 7.80. The van der Waals surface area contributed by atoms with Crippen LogP contribution in [0, 0.1) is 5.92 Å². The SMILES string of the molecule is CCC(C)CN(CC)Cc1csc(CNC)n1. The normalized spacial score (nSPS) is 13.2. The minimum Gasteiger partial charge on any atom is -0.314 e. The summed E-state index contributed by atoms with van der Waals surface area (Å²) < 4.78 is 0. The van der Waals surface area contributed by atoms with Crippen LogP contribution < -0.4 is 5.32 Å². The van der Waals surface area contributed by atoms with E-state index in [1.807, 2.05) is 7.05 Å². The van der Waals surface area contributed by atoms with Gasteiger partial charge in [0.15, 0.2) is 0 Å². The third kappa shape index (κ3) is 5.15. The van der Waals surface area contributed by atoms with Crippen LogP contribution in [0.1, 0.15) is 37.9 Å². The van der Waals surface area contributed by atoms with Gasteiger partial charge in [-0.3, -0.25) is 4.90 Å². The Hall–Kier alpha value is -0.450. The lowest BCUT2D eigenvalue weighted by Gasteiger charge is -2.22. The Bertz CT molecular complexity index is 311. The highest BCUT2D eigenvalue weighted by atomic mass is 32.1. The van der Waals surface area contributed by atoms with E-state index in [9.17, 15) is 0 Å². The van der Waals surface area contributed by atoms with Crippen molar-refractivity contribution >= 4 is 11.3 Å². The van der Waals surface area contributed by atoms with Gasteiger partial charge in [-0.15, -0.1) is 11.3 Å². The van der Waals surface area contributed by atoms with E-state index in [0.717, 1.165) is 25.6 Å². The second-order valence-corrected chi connectivity index (χ2v) is 5.55. The van der Waals surface area contributed by atoms with Crippen LogP contribution in [-0.4, -0.2) is 30.0 Å². The first-order valence-electron chi connectivity index (χ1n) is 6.49. The molecule has 1 atom stereocenters. The lowest BCUT2D eigenvalue weighted by atomic mass is 10.1. The van der Waals surface area contributed by atoms with Gasteiger partial charge in [-0.25, -0.2) is 4.98 Å². The number of rotatable bonds is 8. The van der Waals surface area contributed by atoms with E-state index in [4.69, 9.17) is 0 Å². The zero-order valence-corrected chi connectivity index (χ0v) is 12.3. The van der Waals surface area contributed by atoms with Gasteiger partial charge in [0.2, 0.25) is 0 Å². The minimum atomic E-state index is 0.769. The molecule has 0 aliphatic rings. The van der Waals surface area contributed by atoms with Gasteiger partial charge in [0.25, 0.3) is 0 Å². The van der Waals surface area contributed by atoms with Crippen LogP contribution in [0.4, 0.5) is 0 Å². The molecule has 0 aliphatic carbocycles. The Morgan fingerprint density at radius 2 is 2.24 bits per heavy atom. The van der Waals surface area contributed by atoms with Crippen LogP contribution in [0.5, 0.6) is 0 Å². The van der Waals surface area contributed by atoms with Gasteiger partial charge >= 0.3 is 0 Å². The monoisotopic (exact) mass is 255 g/mol. The molecule has 3 nitrogen and oxygen atoms in total. The first-order valence-corrected chi connectivity index (χ1v) is 7.37. The molecule has 1 N–H and O–H groups in total. The first-order chi connectivity index (χ1) is 8.19. The second-order valence-electron chi connectivity index (χ2n) is 4.60. The molecule has 0 bridgehead atoms. The van der Waals surface area contributed by atoms with Crippen LogP contribution in [0.2, 0.25) is 0 Å². The minimum absolute atomic E-state index is 0.769. The molecule has 0 fully saturated rings. The Morgan fingerprint density at radius 1 is 1.47 bits per heavy atom. The van der Waals surface area contributed by atoms with Gasteiger partial charge in [0.05, 0.1) is 5.69 Å². The van der Waals surface area contributed by atoms with Crippen LogP contribution in [0.15, 0.2) is 5.38 Å². The fourth-order valence-corrected chi connectivity index (χ4v) is 2.56. The summed E-state index contributed by atoms with van der Waals surface area (Å²) in [7, 11) is 1.96. The number of hydrogen-bond donors (Lipinski definition) is 1. The summed E-state index contributed by atoms with van der Waals surface area (Å²) >= 11 is 1.75. The van der Waals surface area contributed by atoms with Crippen molar-refractivity contribution < 1.29 is 0 Å². The quantitative estimate of drug-likeness (QED) is 0.774. The number of hydrogen-bond acceptors (Lipinski definition) is 4. The van der Waals surface area contributed by atoms with Crippen molar-refractivity contribution in [3.05, 3.63) is 16.1 Å². The summed E-state index contributed by atoms with van der Waals surface area (Å²) in [6.45, 7) is 10.9. The van der Waals surface area contributed by atoms with Gasteiger partial charge in [-0.05, 0) is 19.5 Å². The first kappa shape index (κ1) is 14.6. The Kier molecular flexibility index (Phi) is 6.70. The summed E-state index contributed by atoms with van der Waals surface area (Å²) in [4.78, 5) is 7.11. The smallest absolute Gasteiger partial charge is 0.107 e. The molecule has 0 aromatic carbocycles. The number of aromatic nitrogens is 1. The van der Waals surface area contributed by atoms with Crippen molar-refractivity contribution in [2.24, 2.45) is 5.92 Å². The van der Waals surface area contributed by atoms with E-state index in [0.29, 0.717) is 0 Å². The Labute approximate surface area is 109 Å². The highest BCUT2D eigenvalue weighted by molar-refractivity contribution is 7.09. The summed E-state index contributed by atoms with van der Waals surface area (Å²) in [5, 5.41) is 6.51. The summed E-state index contributed by atoms with van der Waals surface area (Å²) in [5.74, 6) is 0.769. The molecule has 98 valence electrons. The van der Waals surface area contributed by atoms with Crippen molar-refractivity contribution in [2.75, 3.05) is 20.1 Å². The molecule has 1 rings (SSSR count). The van der Waals surface area contributed by atoms with E-state index in [-0.39, 0.29) is 0 Å². The molecule has 0 spiro atoms. The number of nitrogens with one attached hydrogen (secondary N) is 1. The van der Waals surface area contributed by atoms with Crippen molar-refractivity contribution in [1.82, 2.24) is 15.2 Å². The Balaban J connectivity index is 2.48. The van der Waals surface area contributed by atoms with Gasteiger partial charge in [0, 0.05) is 25.0 Å². The third-order valence-corrected chi connectivity index (χ3v) is 3.92. The fourth-order valence-electron chi connectivity index (χ4n) is 1.76. The zero-order chi connectivity index (χ0) is 12.7. The van der Waals surface area contributed by atoms with Gasteiger partial charge in [-0.1, -0.05) is 27.2 Å². The molecular formula is C13H25N3S. The van der Waals surface area contributed by atoms with Crippen LogP contribution >= 0.6 is 11.3 Å². The van der Waals surface area contributed by atoms with E-state index in [2.05, 4.69) is 41.4 Å². The van der Waals surface area contributed by atoms with Crippen molar-refractivity contribution in [3.63, 3.8) is 0 Å². The maximum atomic E-state index is 4.64. The van der Waals surface area contributed by atoms with E-state index in [1.54, 1.807) is 11.3 Å². The summed E-state index contributed by atoms with van der Waals surface area (Å²) in [5.41, 5.74) is 1.21. The molecule has 1 unspecified atom stereocenters. The van der Waals surface area contributed by atoms with Gasteiger partial charge in [0.1, 0.15) is 5.01 Å². The number of thiazole rings is 1. The largest absolute Gasteiger partial charge is 0.314 e. The molecule has 4 heteroatoms. The van der Waals surface area contributed by atoms with Crippen LogP contribution in [-0.2, 0) is 13.1 Å². The van der Waals surface area contributed by atoms with Crippen molar-refractivity contribution in [3.8, 4) is 0 Å². The van der Waals surface area contributed by atoms with E-state index < -0.39 is 0 Å². The average molecular weight is 255 g/mol. The van der Waals surface area contributed by atoms with Crippen molar-refractivity contribution in [1.29, 1.82) is 0 Å². The maximum Gasteiger partial charge on any atom is 0.107 e. The highest BCUT2D eigenvalue weighted by Crippen LogP contribution is 2.13. The molecule has 0 saturated heterocycles. The topological polar surface area (TPSA) is 28.2 Å². The summed E-state index contributed by atoms with van der Waals surface area (Å²) in [6, 6.07) is 0. The number of nitrogens with zero attached hydrogens (tertiary/aromatic N) is 2. The van der Waals surface area contributed by atoms with E-state index in [1.165, 1.54) is 23.7 Å². The van der Waals surface area contributed by atoms with Crippen LogP contribution in [0.25, 0.3) is 0 Å². The maximum absolute atomic E-state index is 4.64. The molecule has 0 aliphatic heterocycles. The lowest BCUT2D eigenvalue weighted by Crippen LogP contribution is -2.28. The molecule has 0 radical (unpaired) electrons. The fraction of sp³-hybridized carbons (Fsp3) is 0.769. The summed E-state index contributed by atoms with van der Waals surface area (Å²) in [6.07, 6.45) is 1.25. The molecule has 0 amide bonds. The van der Waals surface area contributed by atoms with Crippen molar-refractivity contribution in [2.45, 2.75) is 40.3 Å². The van der Waals surface area contributed by atoms with Gasteiger partial charge in [-0.2, -0.15) is 0 Å². The zero-order valence-electron chi connectivity index (χ0n) is 11.5. The average Bonchev–Trinajstić information content (AvgIpc) is 2.76. The predicted molar refractivity (Wildman–Crippen MR) is 75.3 cm³/mol. The van der Waals surface area contributed by atoms with Crippen LogP contribution in [0.3, 0.4) is 0 Å². The predicted octanol–water partition coefficient (Wildman–Crippen LogP) is 2.73. The molecule has 17 heavy (non-hydrogen) atoms. The molecule has 1 aromatic heterocycles. The third-order valence-electron chi connectivity index (χ3n) is 3.03. The van der Waals surface area contributed by atoms with E-state index >= 15 is 0 Å². The molecule has 1 aromatic rings.